The molecule has 4 heterocycles. The first-order valence-corrected chi connectivity index (χ1v) is 22.5. The number of ether oxygens (including phenoxy) is 4. The molecule has 0 bridgehead atoms. The van der Waals surface area contributed by atoms with Gasteiger partial charge in [-0.15, -0.1) is 0 Å². The van der Waals surface area contributed by atoms with Crippen LogP contribution in [0.25, 0.3) is 11.0 Å². The molecule has 0 atom stereocenters. The van der Waals surface area contributed by atoms with E-state index < -0.39 is 35.3 Å². The third-order valence-electron chi connectivity index (χ3n) is 11.7. The Morgan fingerprint density at radius 1 is 0.486 bits per heavy atom. The van der Waals surface area contributed by atoms with Gasteiger partial charge >= 0.3 is 11.9 Å². The van der Waals surface area contributed by atoms with Gasteiger partial charge in [-0.2, -0.15) is 0 Å². The number of hydrogen-bond acceptors (Lipinski definition) is 12. The monoisotopic (exact) mass is 972 g/mol. The summed E-state index contributed by atoms with van der Waals surface area (Å²) < 4.78 is 26.3. The van der Waals surface area contributed by atoms with E-state index in [1.807, 2.05) is 0 Å². The van der Waals surface area contributed by atoms with Gasteiger partial charge in [-0.05, 0) is 111 Å². The number of carboxylic acid groups (broad SMARTS) is 2. The van der Waals surface area contributed by atoms with Gasteiger partial charge in [0.1, 0.15) is 24.7 Å². The molecule has 0 aliphatic rings. The molecule has 0 saturated heterocycles. The summed E-state index contributed by atoms with van der Waals surface area (Å²) in [6.07, 6.45) is 3.38. The molecule has 8 aromatic rings. The Bertz CT molecular complexity index is 3210. The number of amides is 2. The number of anilines is 4. The molecule has 0 fully saturated rings. The van der Waals surface area contributed by atoms with Gasteiger partial charge in [0.05, 0.1) is 71.4 Å². The van der Waals surface area contributed by atoms with E-state index in [9.17, 15) is 39.0 Å². The van der Waals surface area contributed by atoms with Gasteiger partial charge in [-0.25, -0.2) is 9.59 Å². The molecule has 8 N–H and O–H groups in total. The number of aromatic nitrogens is 2. The van der Waals surface area contributed by atoms with Gasteiger partial charge in [-0.3, -0.25) is 19.2 Å². The zero-order chi connectivity index (χ0) is 51.1. The number of nitrogens with one attached hydrogen (secondary N) is 2. The summed E-state index contributed by atoms with van der Waals surface area (Å²) in [5.74, 6) is -3.38. The number of benzene rings is 4. The van der Waals surface area contributed by atoms with E-state index in [1.54, 1.807) is 120 Å². The van der Waals surface area contributed by atoms with Crippen molar-refractivity contribution in [1.82, 2.24) is 8.80 Å². The maximum Gasteiger partial charge on any atom is 0.337 e. The number of nitrogen functional groups attached to an aromatic ring is 2. The summed E-state index contributed by atoms with van der Waals surface area (Å²) in [5.41, 5.74) is 15.7. The highest BCUT2D eigenvalue weighted by atomic mass is 16.6. The van der Waals surface area contributed by atoms with Crippen LogP contribution in [0.1, 0.15) is 84.7 Å². The van der Waals surface area contributed by atoms with Crippen LogP contribution in [0, 0.1) is 13.8 Å². The summed E-state index contributed by atoms with van der Waals surface area (Å²) in [6, 6.07) is 32.0. The molecule has 18 heteroatoms. The molecule has 0 saturated carbocycles. The molecule has 0 spiro atoms. The molecule has 0 unspecified atom stereocenters. The van der Waals surface area contributed by atoms with E-state index in [-0.39, 0.29) is 84.7 Å². The van der Waals surface area contributed by atoms with E-state index in [1.165, 1.54) is 36.4 Å². The van der Waals surface area contributed by atoms with Gasteiger partial charge < -0.3 is 60.1 Å². The largest absolute Gasteiger partial charge is 0.491 e. The Morgan fingerprint density at radius 3 is 1.29 bits per heavy atom. The minimum absolute atomic E-state index is 0.0351. The lowest BCUT2D eigenvalue weighted by Gasteiger charge is -2.11. The van der Waals surface area contributed by atoms with Crippen LogP contribution < -0.4 is 31.6 Å². The van der Waals surface area contributed by atoms with Gasteiger partial charge in [0.2, 0.25) is 11.6 Å². The lowest BCUT2D eigenvalue weighted by molar-refractivity contribution is 0.0273. The average Bonchev–Trinajstić information content (AvgIpc) is 3.82. The van der Waals surface area contributed by atoms with Gasteiger partial charge in [0, 0.05) is 57.1 Å². The molecule has 2 amide bonds. The van der Waals surface area contributed by atoms with Gasteiger partial charge in [0.15, 0.2) is 0 Å². The molecule has 18 nitrogen and oxygen atoms in total. The van der Waals surface area contributed by atoms with Crippen molar-refractivity contribution in [2.45, 2.75) is 13.8 Å². The molecule has 0 aliphatic heterocycles. The number of carboxylic acids is 2. The fraction of sp³-hybridized carbons (Fsp3) is 0.148. The highest BCUT2D eigenvalue weighted by Crippen LogP contribution is 2.33. The van der Waals surface area contributed by atoms with Crippen LogP contribution in [0.15, 0.2) is 134 Å². The summed E-state index contributed by atoms with van der Waals surface area (Å²) in [6.45, 7) is 4.85. The topological polar surface area (TPSA) is 265 Å². The van der Waals surface area contributed by atoms with E-state index in [0.717, 1.165) is 0 Å². The van der Waals surface area contributed by atoms with E-state index >= 15 is 0 Å². The van der Waals surface area contributed by atoms with Crippen molar-refractivity contribution in [3.63, 3.8) is 0 Å². The first kappa shape index (κ1) is 49.2. The normalized spacial score (nSPS) is 11.1. The lowest BCUT2D eigenvalue weighted by atomic mass is 10.0. The van der Waals surface area contributed by atoms with Crippen molar-refractivity contribution in [2.24, 2.45) is 0 Å². The number of ketones is 2. The standard InChI is InChI=1S/C54H48N6O12/c1-31-45(43-13-3-5-19-59(43)47(31)49(61)33-15-17-41(55)39(29-33)53(65)66)57-51(63)35-9-7-11-37(27-35)71-25-23-69-21-22-70-24-26-72-38-12-8-10-36(28-38)52(64)58-46-32(2)48(60-20-6-4-14-44(46)60)50(62)34-16-18-42(56)40(30-34)54(67)68/h3-20,27-30H,21-26,55-56H2,1-2H3,(H,57,63)(H,58,64)(H,65,66)(H,67,68). The number of aromatic carboxylic acids is 2. The molecule has 8 rings (SSSR count). The van der Waals surface area contributed by atoms with Crippen LogP contribution >= 0.6 is 0 Å². The molecule has 4 aromatic carbocycles. The quantitative estimate of drug-likeness (QED) is 0.0228. The second kappa shape index (κ2) is 21.6. The molecule has 0 radical (unpaired) electrons. The van der Waals surface area contributed by atoms with E-state index in [2.05, 4.69) is 10.6 Å². The van der Waals surface area contributed by atoms with Crippen LogP contribution in [0.2, 0.25) is 0 Å². The summed E-state index contributed by atoms with van der Waals surface area (Å²) in [4.78, 5) is 78.1. The maximum absolute atomic E-state index is 13.8. The molecule has 4 aromatic heterocycles. The fourth-order valence-electron chi connectivity index (χ4n) is 8.16. The predicted octanol–water partition coefficient (Wildman–Crippen LogP) is 7.83. The minimum Gasteiger partial charge on any atom is -0.491 e. The van der Waals surface area contributed by atoms with Crippen molar-refractivity contribution < 1.29 is 57.9 Å². The van der Waals surface area contributed by atoms with Gasteiger partial charge in [0.25, 0.3) is 11.8 Å². The summed E-state index contributed by atoms with van der Waals surface area (Å²) in [7, 11) is 0. The molecular formula is C54H48N6O12. The Labute approximate surface area is 411 Å². The predicted molar refractivity (Wildman–Crippen MR) is 268 cm³/mol. The minimum atomic E-state index is -1.25. The second-order valence-electron chi connectivity index (χ2n) is 16.4. The Hall–Kier alpha value is -9.26. The molecule has 0 aliphatic carbocycles. The third-order valence-corrected chi connectivity index (χ3v) is 11.7. The Balaban J connectivity index is 0.778. The Kier molecular flexibility index (Phi) is 14.7. The van der Waals surface area contributed by atoms with E-state index in [0.29, 0.717) is 56.2 Å². The highest BCUT2D eigenvalue weighted by molar-refractivity contribution is 6.16. The molecule has 366 valence electrons. The molecule has 72 heavy (non-hydrogen) atoms. The number of fused-ring (bicyclic) bond motifs is 2. The first-order valence-electron chi connectivity index (χ1n) is 22.5. The van der Waals surface area contributed by atoms with Crippen LogP contribution in [0.4, 0.5) is 22.7 Å². The molecular weight excluding hydrogens is 925 g/mol. The first-order chi connectivity index (χ1) is 34.7. The number of pyridine rings is 2. The zero-order valence-electron chi connectivity index (χ0n) is 39.0. The zero-order valence-corrected chi connectivity index (χ0v) is 39.0. The summed E-state index contributed by atoms with van der Waals surface area (Å²) in [5, 5.41) is 25.0. The lowest BCUT2D eigenvalue weighted by Crippen LogP contribution is -2.15. The van der Waals surface area contributed by atoms with Crippen LogP contribution in [0.5, 0.6) is 11.5 Å². The SMILES string of the molecule is Cc1c(NC(=O)c2cccc(OCCOCCOCCOc3cccc(C(=O)Nc4c(C)c(C(=O)c5ccc(N)c(C(=O)O)c5)n5ccccc45)c3)c2)c2ccccn2c1C(=O)c1ccc(N)c(C(=O)O)c1. The van der Waals surface area contributed by atoms with Crippen LogP contribution in [-0.4, -0.2) is 94.0 Å². The van der Waals surface area contributed by atoms with Crippen molar-refractivity contribution >= 4 is 69.1 Å². The van der Waals surface area contributed by atoms with Crippen LogP contribution in [-0.2, 0) is 9.47 Å². The van der Waals surface area contributed by atoms with Crippen molar-refractivity contribution in [3.8, 4) is 11.5 Å². The number of carbonyl (C=O) groups excluding carboxylic acids is 4. The van der Waals surface area contributed by atoms with E-state index in [4.69, 9.17) is 30.4 Å². The van der Waals surface area contributed by atoms with Crippen molar-refractivity contribution in [1.29, 1.82) is 0 Å². The number of carbonyl (C=O) groups is 6. The second-order valence-corrected chi connectivity index (χ2v) is 16.4. The number of nitrogens with zero attached hydrogens (tertiary/aromatic N) is 2. The highest BCUT2D eigenvalue weighted by Gasteiger charge is 2.26. The maximum atomic E-state index is 13.8. The smallest absolute Gasteiger partial charge is 0.337 e. The average molecular weight is 973 g/mol. The fourth-order valence-corrected chi connectivity index (χ4v) is 8.16. The van der Waals surface area contributed by atoms with Crippen molar-refractivity contribution in [2.75, 3.05) is 61.7 Å². The van der Waals surface area contributed by atoms with Crippen molar-refractivity contribution in [3.05, 3.63) is 190 Å². The number of hydrogen-bond donors (Lipinski definition) is 6. The van der Waals surface area contributed by atoms with Gasteiger partial charge in [-0.1, -0.05) is 24.3 Å². The van der Waals surface area contributed by atoms with Crippen LogP contribution in [0.3, 0.4) is 0 Å². The third kappa shape index (κ3) is 10.5. The summed E-state index contributed by atoms with van der Waals surface area (Å²) >= 11 is 0. The number of rotatable bonds is 21. The Morgan fingerprint density at radius 2 is 0.889 bits per heavy atom. The number of nitrogens with two attached hydrogens (primary N) is 2.